The van der Waals surface area contributed by atoms with E-state index in [1.807, 2.05) is 17.5 Å². The Morgan fingerprint density at radius 3 is 3.00 bits per heavy atom. The maximum atomic E-state index is 4.64. The topological polar surface area (TPSA) is 41.6 Å². The van der Waals surface area contributed by atoms with Crippen LogP contribution in [0.4, 0.5) is 0 Å². The van der Waals surface area contributed by atoms with E-state index >= 15 is 0 Å². The van der Waals surface area contributed by atoms with E-state index in [0.29, 0.717) is 0 Å². The molecule has 0 fully saturated rings. The highest BCUT2D eigenvalue weighted by molar-refractivity contribution is 7.15. The van der Waals surface area contributed by atoms with Gasteiger partial charge in [-0.15, -0.1) is 11.3 Å². The van der Waals surface area contributed by atoms with Crippen LogP contribution in [0.3, 0.4) is 0 Å². The Hall–Kier alpha value is -1.16. The maximum Gasteiger partial charge on any atom is 0.141 e. The fourth-order valence-corrected chi connectivity index (χ4v) is 2.96. The molecule has 0 aromatic carbocycles. The Labute approximate surface area is 86.2 Å². The van der Waals surface area contributed by atoms with E-state index < -0.39 is 0 Å². The van der Waals surface area contributed by atoms with Crippen molar-refractivity contribution in [2.75, 3.05) is 0 Å². The predicted molar refractivity (Wildman–Crippen MR) is 56.3 cm³/mol. The molecule has 1 N–H and O–H groups in total. The Morgan fingerprint density at radius 1 is 1.29 bits per heavy atom. The summed E-state index contributed by atoms with van der Waals surface area (Å²) in [6, 6.07) is 0. The highest BCUT2D eigenvalue weighted by Crippen LogP contribution is 2.31. The van der Waals surface area contributed by atoms with Crippen LogP contribution in [-0.2, 0) is 12.8 Å². The summed E-state index contributed by atoms with van der Waals surface area (Å²) in [5.74, 6) is 0. The van der Waals surface area contributed by atoms with Crippen LogP contribution in [0, 0.1) is 0 Å². The first-order valence-electron chi connectivity index (χ1n) is 4.91. The molecule has 0 amide bonds. The number of aromatic amines is 1. The van der Waals surface area contributed by atoms with E-state index in [2.05, 4.69) is 15.0 Å². The summed E-state index contributed by atoms with van der Waals surface area (Å²) in [5.41, 5.74) is 2.36. The smallest absolute Gasteiger partial charge is 0.141 e. The number of aryl methyl sites for hydroxylation is 2. The Bertz CT molecular complexity index is 407. The molecule has 1 aliphatic carbocycles. The SMILES string of the molecule is c1ncc(-c2nc3c(s2)CCCC3)[nH]1. The standard InChI is InChI=1S/C10H11N3S/c1-2-4-9-7(3-1)13-10(14-9)8-5-11-6-12-8/h5-6H,1-4H2,(H,11,12). The van der Waals surface area contributed by atoms with Gasteiger partial charge in [0, 0.05) is 4.88 Å². The van der Waals surface area contributed by atoms with Gasteiger partial charge >= 0.3 is 0 Å². The highest BCUT2D eigenvalue weighted by Gasteiger charge is 2.16. The molecule has 3 rings (SSSR count). The van der Waals surface area contributed by atoms with Gasteiger partial charge in [0.1, 0.15) is 5.01 Å². The van der Waals surface area contributed by atoms with Crippen LogP contribution in [-0.4, -0.2) is 15.0 Å². The van der Waals surface area contributed by atoms with Crippen molar-refractivity contribution < 1.29 is 0 Å². The zero-order valence-corrected chi connectivity index (χ0v) is 8.60. The van der Waals surface area contributed by atoms with Gasteiger partial charge in [-0.3, -0.25) is 0 Å². The van der Waals surface area contributed by atoms with Crippen LogP contribution in [0.1, 0.15) is 23.4 Å². The summed E-state index contributed by atoms with van der Waals surface area (Å²) in [6.07, 6.45) is 8.51. The number of aromatic nitrogens is 3. The lowest BCUT2D eigenvalue weighted by atomic mass is 10.0. The minimum Gasteiger partial charge on any atom is -0.343 e. The largest absolute Gasteiger partial charge is 0.343 e. The van der Waals surface area contributed by atoms with Crippen molar-refractivity contribution in [3.63, 3.8) is 0 Å². The number of imidazole rings is 1. The van der Waals surface area contributed by atoms with Gasteiger partial charge in [0.2, 0.25) is 0 Å². The van der Waals surface area contributed by atoms with Crippen LogP contribution in [0.2, 0.25) is 0 Å². The van der Waals surface area contributed by atoms with E-state index in [-0.39, 0.29) is 0 Å². The fraction of sp³-hybridized carbons (Fsp3) is 0.400. The monoisotopic (exact) mass is 205 g/mol. The minimum atomic E-state index is 1.05. The van der Waals surface area contributed by atoms with Crippen molar-refractivity contribution >= 4 is 11.3 Å². The number of hydrogen-bond acceptors (Lipinski definition) is 3. The third-order valence-corrected chi connectivity index (χ3v) is 3.76. The molecule has 2 aromatic heterocycles. The van der Waals surface area contributed by atoms with Gasteiger partial charge in [0.25, 0.3) is 0 Å². The molecule has 0 saturated heterocycles. The van der Waals surface area contributed by atoms with Crippen LogP contribution in [0.25, 0.3) is 10.7 Å². The van der Waals surface area contributed by atoms with E-state index in [4.69, 9.17) is 0 Å². The second-order valence-corrected chi connectivity index (χ2v) is 4.64. The Kier molecular flexibility index (Phi) is 1.87. The average molecular weight is 205 g/mol. The van der Waals surface area contributed by atoms with E-state index in [9.17, 15) is 0 Å². The van der Waals surface area contributed by atoms with E-state index in [1.165, 1.54) is 29.8 Å². The third kappa shape index (κ3) is 1.26. The van der Waals surface area contributed by atoms with E-state index in [1.54, 1.807) is 6.33 Å². The number of nitrogens with one attached hydrogen (secondary N) is 1. The van der Waals surface area contributed by atoms with Gasteiger partial charge in [-0.2, -0.15) is 0 Å². The van der Waals surface area contributed by atoms with Gasteiger partial charge in [-0.1, -0.05) is 0 Å². The van der Waals surface area contributed by atoms with Gasteiger partial charge in [-0.05, 0) is 25.7 Å². The number of fused-ring (bicyclic) bond motifs is 1. The molecule has 0 unspecified atom stereocenters. The van der Waals surface area contributed by atoms with Gasteiger partial charge in [0.05, 0.1) is 23.9 Å². The average Bonchev–Trinajstić information content (AvgIpc) is 2.86. The van der Waals surface area contributed by atoms with Gasteiger partial charge in [-0.25, -0.2) is 9.97 Å². The van der Waals surface area contributed by atoms with Crippen LogP contribution < -0.4 is 0 Å². The molecule has 14 heavy (non-hydrogen) atoms. The molecule has 3 nitrogen and oxygen atoms in total. The van der Waals surface area contributed by atoms with Crippen molar-refractivity contribution in [2.24, 2.45) is 0 Å². The minimum absolute atomic E-state index is 1.05. The first-order chi connectivity index (χ1) is 6.93. The molecule has 0 atom stereocenters. The molecule has 72 valence electrons. The summed E-state index contributed by atoms with van der Waals surface area (Å²) >= 11 is 1.81. The molecular formula is C10H11N3S. The van der Waals surface area contributed by atoms with Crippen molar-refractivity contribution in [2.45, 2.75) is 25.7 Å². The number of H-pyrrole nitrogens is 1. The molecule has 0 aliphatic heterocycles. The zero-order chi connectivity index (χ0) is 9.38. The summed E-state index contributed by atoms with van der Waals surface area (Å²) in [6.45, 7) is 0. The number of rotatable bonds is 1. The lowest BCUT2D eigenvalue weighted by molar-refractivity contribution is 0.682. The first kappa shape index (κ1) is 8.17. The molecule has 0 radical (unpaired) electrons. The second kappa shape index (κ2) is 3.20. The Morgan fingerprint density at radius 2 is 2.21 bits per heavy atom. The van der Waals surface area contributed by atoms with Crippen LogP contribution >= 0.6 is 11.3 Å². The summed E-state index contributed by atoms with van der Waals surface area (Å²) in [4.78, 5) is 13.2. The number of thiazole rings is 1. The molecule has 2 heterocycles. The molecule has 4 heteroatoms. The molecule has 0 bridgehead atoms. The summed E-state index contributed by atoms with van der Waals surface area (Å²) in [5, 5.41) is 1.09. The molecule has 0 spiro atoms. The summed E-state index contributed by atoms with van der Waals surface area (Å²) < 4.78 is 0. The normalized spacial score (nSPS) is 15.4. The molecule has 0 saturated carbocycles. The first-order valence-corrected chi connectivity index (χ1v) is 5.72. The second-order valence-electron chi connectivity index (χ2n) is 3.56. The van der Waals surface area contributed by atoms with E-state index in [0.717, 1.165) is 17.1 Å². The van der Waals surface area contributed by atoms with Crippen molar-refractivity contribution in [1.82, 2.24) is 15.0 Å². The molecular weight excluding hydrogens is 194 g/mol. The predicted octanol–water partition coefficient (Wildman–Crippen LogP) is 2.41. The van der Waals surface area contributed by atoms with Crippen LogP contribution in [0.5, 0.6) is 0 Å². The van der Waals surface area contributed by atoms with Crippen molar-refractivity contribution in [3.8, 4) is 10.7 Å². The van der Waals surface area contributed by atoms with Crippen molar-refractivity contribution in [1.29, 1.82) is 0 Å². The van der Waals surface area contributed by atoms with Gasteiger partial charge in [0.15, 0.2) is 0 Å². The number of hydrogen-bond donors (Lipinski definition) is 1. The maximum absolute atomic E-state index is 4.64. The fourth-order valence-electron chi connectivity index (χ4n) is 1.84. The lowest BCUT2D eigenvalue weighted by Gasteiger charge is -2.06. The zero-order valence-electron chi connectivity index (χ0n) is 7.79. The van der Waals surface area contributed by atoms with Gasteiger partial charge < -0.3 is 4.98 Å². The summed E-state index contributed by atoms with van der Waals surface area (Å²) in [7, 11) is 0. The third-order valence-electron chi connectivity index (χ3n) is 2.57. The number of nitrogens with zero attached hydrogens (tertiary/aromatic N) is 2. The molecule has 1 aliphatic rings. The van der Waals surface area contributed by atoms with Crippen molar-refractivity contribution in [3.05, 3.63) is 23.1 Å². The quantitative estimate of drug-likeness (QED) is 0.776. The Balaban J connectivity index is 2.04. The van der Waals surface area contributed by atoms with Crippen LogP contribution in [0.15, 0.2) is 12.5 Å². The highest BCUT2D eigenvalue weighted by atomic mass is 32.1. The molecule has 2 aromatic rings. The lowest BCUT2D eigenvalue weighted by Crippen LogP contribution is -1.98.